The number of anilines is 1. The quantitative estimate of drug-likeness (QED) is 0.500. The van der Waals surface area contributed by atoms with Crippen LogP contribution in [0.1, 0.15) is 45.4 Å². The number of nitriles is 1. The molecule has 36 heavy (non-hydrogen) atoms. The first-order chi connectivity index (χ1) is 17.5. The Labute approximate surface area is 212 Å². The molecule has 2 aromatic rings. The molecule has 0 radical (unpaired) electrons. The zero-order valence-corrected chi connectivity index (χ0v) is 21.1. The Morgan fingerprint density at radius 3 is 2.67 bits per heavy atom. The molecule has 8 nitrogen and oxygen atoms in total. The van der Waals surface area contributed by atoms with Crippen molar-refractivity contribution in [3.63, 3.8) is 0 Å². The Morgan fingerprint density at radius 2 is 1.94 bits per heavy atom. The second-order valence-electron chi connectivity index (χ2n) is 9.94. The van der Waals surface area contributed by atoms with Crippen molar-refractivity contribution >= 4 is 5.82 Å². The lowest BCUT2D eigenvalue weighted by atomic mass is 9.83. The van der Waals surface area contributed by atoms with Crippen molar-refractivity contribution in [3.05, 3.63) is 36.4 Å². The van der Waals surface area contributed by atoms with Gasteiger partial charge in [-0.05, 0) is 63.1 Å². The smallest absolute Gasteiger partial charge is 0.213 e. The standard InChI is InChI=1S/C27H36FN5O3/c1-19(16-34-2)32-21-3-5-22(6-4-21)33-25-14-23(24(28)15-31-25)20-7-10-30-26(13-20)36-18-27(17-29)8-11-35-12-9-27/h7,10,13-15,19,21-22,32H,3-6,8-9,11-12,16,18H2,1-2H3,(H,31,33). The molecule has 3 heterocycles. The first-order valence-electron chi connectivity index (χ1n) is 12.8. The molecule has 194 valence electrons. The molecule has 2 aromatic heterocycles. The normalized spacial score (nSPS) is 22.4. The molecule has 2 N–H and O–H groups in total. The summed E-state index contributed by atoms with van der Waals surface area (Å²) in [5.74, 6) is 0.615. The van der Waals surface area contributed by atoms with E-state index in [0.717, 1.165) is 25.7 Å². The van der Waals surface area contributed by atoms with E-state index in [1.165, 1.54) is 6.20 Å². The number of hydrogen-bond acceptors (Lipinski definition) is 8. The molecular weight excluding hydrogens is 461 g/mol. The third-order valence-corrected chi connectivity index (χ3v) is 7.10. The fourth-order valence-corrected chi connectivity index (χ4v) is 4.97. The molecule has 1 atom stereocenters. The Kier molecular flexibility index (Phi) is 9.08. The molecule has 0 aromatic carbocycles. The van der Waals surface area contributed by atoms with Gasteiger partial charge in [-0.1, -0.05) is 0 Å². The monoisotopic (exact) mass is 497 g/mol. The summed E-state index contributed by atoms with van der Waals surface area (Å²) in [6.45, 7) is 4.17. The van der Waals surface area contributed by atoms with E-state index in [0.29, 0.717) is 73.6 Å². The minimum Gasteiger partial charge on any atom is -0.476 e. The van der Waals surface area contributed by atoms with Crippen molar-refractivity contribution in [2.75, 3.05) is 38.9 Å². The highest BCUT2D eigenvalue weighted by atomic mass is 19.1. The Hall–Kier alpha value is -2.80. The number of hydrogen-bond donors (Lipinski definition) is 2. The van der Waals surface area contributed by atoms with Gasteiger partial charge in [0.15, 0.2) is 0 Å². The maximum Gasteiger partial charge on any atom is 0.213 e. The average Bonchev–Trinajstić information content (AvgIpc) is 2.90. The van der Waals surface area contributed by atoms with E-state index in [4.69, 9.17) is 14.2 Å². The molecule has 2 fully saturated rings. The van der Waals surface area contributed by atoms with Crippen LogP contribution >= 0.6 is 0 Å². The summed E-state index contributed by atoms with van der Waals surface area (Å²) in [6.07, 6.45) is 8.28. The number of nitrogens with one attached hydrogen (secondary N) is 2. The fraction of sp³-hybridized carbons (Fsp3) is 0.593. The van der Waals surface area contributed by atoms with Gasteiger partial charge in [0.1, 0.15) is 18.2 Å². The number of ether oxygens (including phenoxy) is 3. The van der Waals surface area contributed by atoms with E-state index >= 15 is 0 Å². The number of rotatable bonds is 10. The van der Waals surface area contributed by atoms with E-state index in [-0.39, 0.29) is 6.61 Å². The molecule has 0 amide bonds. The number of halogens is 1. The van der Waals surface area contributed by atoms with Crippen molar-refractivity contribution in [1.29, 1.82) is 5.26 Å². The highest BCUT2D eigenvalue weighted by Gasteiger charge is 2.34. The maximum absolute atomic E-state index is 14.8. The summed E-state index contributed by atoms with van der Waals surface area (Å²) in [4.78, 5) is 8.55. The topological polar surface area (TPSA) is 101 Å². The molecule has 0 bridgehead atoms. The van der Waals surface area contributed by atoms with Crippen LogP contribution in [0.25, 0.3) is 11.1 Å². The van der Waals surface area contributed by atoms with E-state index in [9.17, 15) is 9.65 Å². The van der Waals surface area contributed by atoms with Gasteiger partial charge < -0.3 is 24.8 Å². The molecule has 2 aliphatic rings. The molecule has 1 saturated carbocycles. The van der Waals surface area contributed by atoms with Gasteiger partial charge >= 0.3 is 0 Å². The third kappa shape index (κ3) is 6.90. The van der Waals surface area contributed by atoms with Crippen molar-refractivity contribution in [3.8, 4) is 23.1 Å². The number of pyridine rings is 2. The summed E-state index contributed by atoms with van der Waals surface area (Å²) >= 11 is 0. The fourth-order valence-electron chi connectivity index (χ4n) is 4.97. The molecule has 1 aliphatic carbocycles. The first-order valence-corrected chi connectivity index (χ1v) is 12.8. The van der Waals surface area contributed by atoms with E-state index in [1.54, 1.807) is 31.5 Å². The van der Waals surface area contributed by atoms with E-state index in [2.05, 4.69) is 33.6 Å². The highest BCUT2D eigenvalue weighted by molar-refractivity contribution is 5.67. The predicted octanol–water partition coefficient (Wildman–Crippen LogP) is 4.33. The van der Waals surface area contributed by atoms with Crippen LogP contribution < -0.4 is 15.4 Å². The predicted molar refractivity (Wildman–Crippen MR) is 135 cm³/mol. The van der Waals surface area contributed by atoms with Gasteiger partial charge in [-0.15, -0.1) is 0 Å². The summed E-state index contributed by atoms with van der Waals surface area (Å²) < 4.78 is 31.3. The van der Waals surface area contributed by atoms with Crippen molar-refractivity contribution < 1.29 is 18.6 Å². The van der Waals surface area contributed by atoms with Crippen LogP contribution in [0, 0.1) is 22.6 Å². The molecule has 1 aliphatic heterocycles. The largest absolute Gasteiger partial charge is 0.476 e. The van der Waals surface area contributed by atoms with Crippen LogP contribution in [0.15, 0.2) is 30.6 Å². The van der Waals surface area contributed by atoms with Gasteiger partial charge in [-0.25, -0.2) is 14.4 Å². The zero-order chi connectivity index (χ0) is 25.4. The van der Waals surface area contributed by atoms with Crippen LogP contribution in [0.3, 0.4) is 0 Å². The van der Waals surface area contributed by atoms with Crippen LogP contribution in [0.5, 0.6) is 5.88 Å². The number of aromatic nitrogens is 2. The summed E-state index contributed by atoms with van der Waals surface area (Å²) in [5.41, 5.74) is 0.510. The Balaban J connectivity index is 1.37. The summed E-state index contributed by atoms with van der Waals surface area (Å²) in [7, 11) is 1.72. The lowest BCUT2D eigenvalue weighted by Crippen LogP contribution is -2.42. The van der Waals surface area contributed by atoms with Crippen molar-refractivity contribution in [2.45, 2.75) is 63.6 Å². The van der Waals surface area contributed by atoms with Crippen molar-refractivity contribution in [1.82, 2.24) is 15.3 Å². The summed E-state index contributed by atoms with van der Waals surface area (Å²) in [6, 6.07) is 8.72. The third-order valence-electron chi connectivity index (χ3n) is 7.10. The zero-order valence-electron chi connectivity index (χ0n) is 21.1. The minimum atomic E-state index is -0.578. The van der Waals surface area contributed by atoms with E-state index in [1.807, 2.05) is 0 Å². The van der Waals surface area contributed by atoms with Gasteiger partial charge in [-0.3, -0.25) is 0 Å². The van der Waals surface area contributed by atoms with Gasteiger partial charge in [0.25, 0.3) is 0 Å². The molecular formula is C27H36FN5O3. The molecule has 0 spiro atoms. The lowest BCUT2D eigenvalue weighted by molar-refractivity contribution is 0.0183. The van der Waals surface area contributed by atoms with E-state index < -0.39 is 11.2 Å². The van der Waals surface area contributed by atoms with Gasteiger partial charge in [0, 0.05) is 56.3 Å². The average molecular weight is 498 g/mol. The van der Waals surface area contributed by atoms with Crippen molar-refractivity contribution in [2.24, 2.45) is 5.41 Å². The lowest BCUT2D eigenvalue weighted by Gasteiger charge is -2.31. The number of nitrogens with zero attached hydrogens (tertiary/aromatic N) is 3. The van der Waals surface area contributed by atoms with Gasteiger partial charge in [0.05, 0.1) is 24.3 Å². The molecule has 1 saturated heterocycles. The van der Waals surface area contributed by atoms with Crippen LogP contribution in [-0.4, -0.2) is 61.6 Å². The second kappa shape index (κ2) is 12.4. The minimum absolute atomic E-state index is 0.233. The summed E-state index contributed by atoms with van der Waals surface area (Å²) in [5, 5.41) is 16.8. The van der Waals surface area contributed by atoms with Crippen LogP contribution in [0.2, 0.25) is 0 Å². The highest BCUT2D eigenvalue weighted by Crippen LogP contribution is 2.32. The Morgan fingerprint density at radius 1 is 1.19 bits per heavy atom. The molecule has 4 rings (SSSR count). The maximum atomic E-state index is 14.8. The SMILES string of the molecule is COCC(C)NC1CCC(Nc2cc(-c3ccnc(OCC4(C#N)CCOCC4)c3)c(F)cn2)CC1. The number of methoxy groups -OCH3 is 1. The molecule has 9 heteroatoms. The van der Waals surface area contributed by atoms with Gasteiger partial charge in [0.2, 0.25) is 5.88 Å². The van der Waals surface area contributed by atoms with Crippen LogP contribution in [0.4, 0.5) is 10.2 Å². The Bertz CT molecular complexity index is 1030. The van der Waals surface area contributed by atoms with Gasteiger partial charge in [-0.2, -0.15) is 5.26 Å². The van der Waals surface area contributed by atoms with Crippen LogP contribution in [-0.2, 0) is 9.47 Å². The molecule has 1 unspecified atom stereocenters. The first kappa shape index (κ1) is 26.3. The second-order valence-corrected chi connectivity index (χ2v) is 9.94.